The molecule has 21 heavy (non-hydrogen) atoms. The van der Waals surface area contributed by atoms with E-state index in [-0.39, 0.29) is 29.8 Å². The summed E-state index contributed by atoms with van der Waals surface area (Å²) in [6, 6.07) is 4.74. The molecule has 1 amide bonds. The first-order chi connectivity index (χ1) is 9.73. The van der Waals surface area contributed by atoms with E-state index in [0.29, 0.717) is 6.42 Å². The van der Waals surface area contributed by atoms with Crippen LogP contribution in [0.2, 0.25) is 0 Å². The Kier molecular flexibility index (Phi) is 6.29. The summed E-state index contributed by atoms with van der Waals surface area (Å²) in [5.74, 6) is -0.584. The SMILES string of the molecule is CC(C)NC(=O)CCCN(C)S(=O)(=O)c1ccc(F)cc1. The third-order valence-corrected chi connectivity index (χ3v) is 4.72. The molecule has 7 heteroatoms. The second-order valence-electron chi connectivity index (χ2n) is 5.11. The minimum Gasteiger partial charge on any atom is -0.354 e. The Hall–Kier alpha value is -1.47. The van der Waals surface area contributed by atoms with Crippen molar-refractivity contribution in [2.75, 3.05) is 13.6 Å². The van der Waals surface area contributed by atoms with Crippen LogP contribution in [0.3, 0.4) is 0 Å². The van der Waals surface area contributed by atoms with Crippen molar-refractivity contribution in [3.8, 4) is 0 Å². The Labute approximate surface area is 125 Å². The second-order valence-corrected chi connectivity index (χ2v) is 7.15. The topological polar surface area (TPSA) is 66.5 Å². The van der Waals surface area contributed by atoms with Gasteiger partial charge < -0.3 is 5.32 Å². The smallest absolute Gasteiger partial charge is 0.242 e. The van der Waals surface area contributed by atoms with Crippen LogP contribution in [0.4, 0.5) is 4.39 Å². The summed E-state index contributed by atoms with van der Waals surface area (Å²) in [5.41, 5.74) is 0. The van der Waals surface area contributed by atoms with E-state index in [4.69, 9.17) is 0 Å². The summed E-state index contributed by atoms with van der Waals surface area (Å²) in [4.78, 5) is 11.5. The van der Waals surface area contributed by atoms with E-state index in [1.807, 2.05) is 13.8 Å². The van der Waals surface area contributed by atoms with Gasteiger partial charge in [0.1, 0.15) is 5.82 Å². The van der Waals surface area contributed by atoms with Crippen LogP contribution in [0.25, 0.3) is 0 Å². The predicted octanol–water partition coefficient (Wildman–Crippen LogP) is 1.75. The first kappa shape index (κ1) is 17.6. The van der Waals surface area contributed by atoms with Gasteiger partial charge in [0.15, 0.2) is 0 Å². The number of carbonyl (C=O) groups excluding carboxylic acids is 1. The second kappa shape index (κ2) is 7.51. The molecule has 0 radical (unpaired) electrons. The number of amides is 1. The lowest BCUT2D eigenvalue weighted by Crippen LogP contribution is -2.32. The van der Waals surface area contributed by atoms with E-state index in [2.05, 4.69) is 5.32 Å². The molecule has 118 valence electrons. The van der Waals surface area contributed by atoms with E-state index in [0.717, 1.165) is 12.1 Å². The van der Waals surface area contributed by atoms with Crippen LogP contribution >= 0.6 is 0 Å². The van der Waals surface area contributed by atoms with Crippen molar-refractivity contribution < 1.29 is 17.6 Å². The maximum absolute atomic E-state index is 12.8. The maximum Gasteiger partial charge on any atom is 0.242 e. The molecule has 0 spiro atoms. The van der Waals surface area contributed by atoms with Gasteiger partial charge in [-0.3, -0.25) is 4.79 Å². The number of nitrogens with one attached hydrogen (secondary N) is 1. The van der Waals surface area contributed by atoms with Gasteiger partial charge in [-0.05, 0) is 44.5 Å². The summed E-state index contributed by atoms with van der Waals surface area (Å²) in [5, 5.41) is 2.74. The molecular weight excluding hydrogens is 295 g/mol. The number of carbonyl (C=O) groups is 1. The van der Waals surface area contributed by atoms with Crippen LogP contribution in [0.5, 0.6) is 0 Å². The van der Waals surface area contributed by atoms with E-state index in [1.54, 1.807) is 0 Å². The summed E-state index contributed by atoms with van der Waals surface area (Å²) in [6.07, 6.45) is 0.691. The molecule has 1 N–H and O–H groups in total. The number of hydrogen-bond donors (Lipinski definition) is 1. The molecule has 0 heterocycles. The number of hydrogen-bond acceptors (Lipinski definition) is 3. The number of sulfonamides is 1. The lowest BCUT2D eigenvalue weighted by atomic mass is 10.3. The first-order valence-electron chi connectivity index (χ1n) is 6.74. The third-order valence-electron chi connectivity index (χ3n) is 2.85. The molecule has 1 rings (SSSR count). The van der Waals surface area contributed by atoms with Gasteiger partial charge in [-0.2, -0.15) is 0 Å². The highest BCUT2D eigenvalue weighted by molar-refractivity contribution is 7.89. The Morgan fingerprint density at radius 1 is 1.29 bits per heavy atom. The van der Waals surface area contributed by atoms with Crippen LogP contribution in [0.15, 0.2) is 29.2 Å². The number of halogens is 1. The molecule has 0 atom stereocenters. The zero-order chi connectivity index (χ0) is 16.0. The average Bonchev–Trinajstić information content (AvgIpc) is 2.38. The van der Waals surface area contributed by atoms with Crippen LogP contribution in [-0.2, 0) is 14.8 Å². The van der Waals surface area contributed by atoms with Crippen LogP contribution in [0, 0.1) is 5.82 Å². The molecular formula is C14H21FN2O3S. The first-order valence-corrected chi connectivity index (χ1v) is 8.18. The van der Waals surface area contributed by atoms with Crippen molar-refractivity contribution in [2.24, 2.45) is 0 Å². The normalized spacial score (nSPS) is 11.9. The van der Waals surface area contributed by atoms with Gasteiger partial charge >= 0.3 is 0 Å². The number of benzene rings is 1. The van der Waals surface area contributed by atoms with Gasteiger partial charge in [0, 0.05) is 26.1 Å². The van der Waals surface area contributed by atoms with Crippen molar-refractivity contribution >= 4 is 15.9 Å². The minimum absolute atomic E-state index is 0.0398. The molecule has 0 saturated heterocycles. The summed E-state index contributed by atoms with van der Waals surface area (Å²) in [6.45, 7) is 3.96. The molecule has 0 aliphatic heterocycles. The third kappa shape index (κ3) is 5.43. The molecule has 1 aromatic rings. The summed E-state index contributed by atoms with van der Waals surface area (Å²) >= 11 is 0. The Balaban J connectivity index is 2.56. The molecule has 0 bridgehead atoms. The van der Waals surface area contributed by atoms with Crippen molar-refractivity contribution in [1.29, 1.82) is 0 Å². The molecule has 0 saturated carbocycles. The highest BCUT2D eigenvalue weighted by Crippen LogP contribution is 2.15. The van der Waals surface area contributed by atoms with Crippen LogP contribution in [0.1, 0.15) is 26.7 Å². The molecule has 1 aromatic carbocycles. The zero-order valence-electron chi connectivity index (χ0n) is 12.5. The minimum atomic E-state index is -3.64. The van der Waals surface area contributed by atoms with Crippen molar-refractivity contribution in [3.63, 3.8) is 0 Å². The van der Waals surface area contributed by atoms with Gasteiger partial charge in [0.2, 0.25) is 15.9 Å². The van der Waals surface area contributed by atoms with Crippen molar-refractivity contribution in [3.05, 3.63) is 30.1 Å². The predicted molar refractivity (Wildman–Crippen MR) is 78.7 cm³/mol. The molecule has 0 aromatic heterocycles. The monoisotopic (exact) mass is 316 g/mol. The quantitative estimate of drug-likeness (QED) is 0.833. The van der Waals surface area contributed by atoms with Crippen molar-refractivity contribution in [2.45, 2.75) is 37.6 Å². The van der Waals surface area contributed by atoms with E-state index in [9.17, 15) is 17.6 Å². The molecule has 0 fully saturated rings. The molecule has 0 aliphatic carbocycles. The van der Waals surface area contributed by atoms with Gasteiger partial charge in [0.25, 0.3) is 0 Å². The van der Waals surface area contributed by atoms with Gasteiger partial charge in [0.05, 0.1) is 4.90 Å². The lowest BCUT2D eigenvalue weighted by Gasteiger charge is -2.17. The Morgan fingerprint density at radius 3 is 2.38 bits per heavy atom. The van der Waals surface area contributed by atoms with E-state index < -0.39 is 15.8 Å². The largest absolute Gasteiger partial charge is 0.354 e. The lowest BCUT2D eigenvalue weighted by molar-refractivity contribution is -0.121. The Morgan fingerprint density at radius 2 is 1.86 bits per heavy atom. The van der Waals surface area contributed by atoms with E-state index >= 15 is 0 Å². The fourth-order valence-electron chi connectivity index (χ4n) is 1.76. The number of rotatable bonds is 7. The van der Waals surface area contributed by atoms with Gasteiger partial charge in [-0.15, -0.1) is 0 Å². The zero-order valence-corrected chi connectivity index (χ0v) is 13.3. The summed E-state index contributed by atoms with van der Waals surface area (Å²) < 4.78 is 38.4. The summed E-state index contributed by atoms with van der Waals surface area (Å²) in [7, 11) is -2.20. The van der Waals surface area contributed by atoms with Gasteiger partial charge in [-0.25, -0.2) is 17.1 Å². The highest BCUT2D eigenvalue weighted by Gasteiger charge is 2.20. The molecule has 5 nitrogen and oxygen atoms in total. The maximum atomic E-state index is 12.8. The Bertz CT molecular complexity index is 570. The van der Waals surface area contributed by atoms with Crippen LogP contribution in [-0.4, -0.2) is 38.3 Å². The molecule has 0 unspecified atom stereocenters. The van der Waals surface area contributed by atoms with Gasteiger partial charge in [-0.1, -0.05) is 0 Å². The van der Waals surface area contributed by atoms with Crippen LogP contribution < -0.4 is 5.32 Å². The average molecular weight is 316 g/mol. The fourth-order valence-corrected chi connectivity index (χ4v) is 2.97. The van der Waals surface area contributed by atoms with E-state index in [1.165, 1.54) is 23.5 Å². The van der Waals surface area contributed by atoms with Crippen molar-refractivity contribution in [1.82, 2.24) is 9.62 Å². The molecule has 0 aliphatic rings. The number of nitrogens with zero attached hydrogens (tertiary/aromatic N) is 1. The highest BCUT2D eigenvalue weighted by atomic mass is 32.2. The standard InChI is InChI=1S/C14H21FN2O3S/c1-11(2)16-14(18)5-4-10-17(3)21(19,20)13-8-6-12(15)7-9-13/h6-9,11H,4-5,10H2,1-3H3,(H,16,18). The fraction of sp³-hybridized carbons (Fsp3) is 0.500.